The minimum Gasteiger partial charge on any atom is -0.319 e. The van der Waals surface area contributed by atoms with Gasteiger partial charge in [-0.1, -0.05) is 6.92 Å². The lowest BCUT2D eigenvalue weighted by atomic mass is 10.1. The van der Waals surface area contributed by atoms with Crippen LogP contribution in [0.2, 0.25) is 0 Å². The van der Waals surface area contributed by atoms with Gasteiger partial charge in [-0.25, -0.2) is 4.79 Å². The molecule has 1 aliphatic rings. The van der Waals surface area contributed by atoms with Gasteiger partial charge in [0.2, 0.25) is 5.91 Å². The van der Waals surface area contributed by atoms with Gasteiger partial charge in [-0.05, 0) is 17.7 Å². The summed E-state index contributed by atoms with van der Waals surface area (Å²) in [4.78, 5) is 28.3. The molecule has 0 radical (unpaired) electrons. The van der Waals surface area contributed by atoms with Crippen LogP contribution in [0, 0.1) is 5.92 Å². The number of nitrogens with one attached hydrogen (secondary N) is 1. The molecule has 2 rings (SSSR count). The van der Waals surface area contributed by atoms with Gasteiger partial charge in [0.25, 0.3) is 0 Å². The normalized spacial score (nSPS) is 20.8. The lowest BCUT2D eigenvalue weighted by Gasteiger charge is -2.30. The van der Waals surface area contributed by atoms with Crippen molar-refractivity contribution in [2.24, 2.45) is 5.92 Å². The fraction of sp³-hybridized carbons (Fsp3) is 0.364. The summed E-state index contributed by atoms with van der Waals surface area (Å²) in [6.07, 6.45) is 3.37. The minimum absolute atomic E-state index is 0.153. The zero-order chi connectivity index (χ0) is 11.5. The van der Waals surface area contributed by atoms with Crippen LogP contribution in [-0.2, 0) is 11.3 Å². The summed E-state index contributed by atoms with van der Waals surface area (Å²) < 4.78 is 0. The summed E-state index contributed by atoms with van der Waals surface area (Å²) in [5, 5.41) is 2.33. The van der Waals surface area contributed by atoms with Crippen LogP contribution in [0.15, 0.2) is 24.5 Å². The first-order valence-electron chi connectivity index (χ1n) is 5.15. The van der Waals surface area contributed by atoms with Crippen molar-refractivity contribution >= 4 is 11.9 Å². The maximum Gasteiger partial charge on any atom is 0.324 e. The van der Waals surface area contributed by atoms with Crippen LogP contribution in [0.1, 0.15) is 12.5 Å². The largest absolute Gasteiger partial charge is 0.324 e. The number of nitrogens with zero attached hydrogens (tertiary/aromatic N) is 2. The van der Waals surface area contributed by atoms with E-state index in [1.165, 1.54) is 0 Å². The van der Waals surface area contributed by atoms with Crippen molar-refractivity contribution in [2.75, 3.05) is 6.54 Å². The monoisotopic (exact) mass is 219 g/mol. The number of hydrogen-bond acceptors (Lipinski definition) is 3. The Morgan fingerprint density at radius 3 is 2.81 bits per heavy atom. The van der Waals surface area contributed by atoms with Crippen molar-refractivity contribution in [3.8, 4) is 0 Å². The molecule has 1 atom stereocenters. The van der Waals surface area contributed by atoms with Crippen molar-refractivity contribution in [1.82, 2.24) is 15.2 Å². The highest BCUT2D eigenvalue weighted by atomic mass is 16.2. The van der Waals surface area contributed by atoms with E-state index in [1.54, 1.807) is 24.2 Å². The molecular formula is C11H13N3O2. The van der Waals surface area contributed by atoms with Crippen molar-refractivity contribution in [2.45, 2.75) is 13.5 Å². The summed E-state index contributed by atoms with van der Waals surface area (Å²) in [6, 6.07) is 3.39. The standard InChI is InChI=1S/C11H13N3O2/c1-8-6-14(11(16)13-10(8)15)7-9-2-4-12-5-3-9/h2-5,8H,6-7H2,1H3,(H,13,15,16). The first-order valence-corrected chi connectivity index (χ1v) is 5.15. The Morgan fingerprint density at radius 2 is 2.12 bits per heavy atom. The average Bonchev–Trinajstić information content (AvgIpc) is 2.27. The maximum absolute atomic E-state index is 11.5. The third-order valence-electron chi connectivity index (χ3n) is 2.58. The van der Waals surface area contributed by atoms with Crippen molar-refractivity contribution in [3.05, 3.63) is 30.1 Å². The van der Waals surface area contributed by atoms with Gasteiger partial charge in [0.05, 0.1) is 5.92 Å². The van der Waals surface area contributed by atoms with Gasteiger partial charge < -0.3 is 4.90 Å². The Kier molecular flexibility index (Phi) is 2.85. The van der Waals surface area contributed by atoms with E-state index in [2.05, 4.69) is 10.3 Å². The van der Waals surface area contributed by atoms with Crippen molar-refractivity contribution in [1.29, 1.82) is 0 Å². The Morgan fingerprint density at radius 1 is 1.44 bits per heavy atom. The fourth-order valence-electron chi connectivity index (χ4n) is 1.65. The Bertz CT molecular complexity index is 405. The molecule has 1 fully saturated rings. The van der Waals surface area contributed by atoms with E-state index in [0.29, 0.717) is 13.1 Å². The molecule has 1 N–H and O–H groups in total. The molecule has 1 aromatic heterocycles. The zero-order valence-electron chi connectivity index (χ0n) is 9.01. The number of imide groups is 1. The Balaban J connectivity index is 2.05. The highest BCUT2D eigenvalue weighted by molar-refractivity contribution is 5.97. The number of carbonyl (C=O) groups excluding carboxylic acids is 2. The number of amides is 3. The molecule has 0 aromatic carbocycles. The van der Waals surface area contributed by atoms with Gasteiger partial charge in [-0.15, -0.1) is 0 Å². The highest BCUT2D eigenvalue weighted by Gasteiger charge is 2.28. The number of carbonyl (C=O) groups is 2. The molecule has 1 aliphatic heterocycles. The second kappa shape index (κ2) is 4.30. The number of urea groups is 1. The second-order valence-corrected chi connectivity index (χ2v) is 3.93. The SMILES string of the molecule is CC1CN(Cc2ccncc2)C(=O)NC1=O. The molecular weight excluding hydrogens is 206 g/mol. The van der Waals surface area contributed by atoms with Gasteiger partial charge in [-0.3, -0.25) is 15.1 Å². The number of rotatable bonds is 2. The highest BCUT2D eigenvalue weighted by Crippen LogP contribution is 2.11. The van der Waals surface area contributed by atoms with E-state index < -0.39 is 0 Å². The predicted octanol–water partition coefficient (Wildman–Crippen LogP) is 0.769. The Labute approximate surface area is 93.5 Å². The van der Waals surface area contributed by atoms with E-state index in [0.717, 1.165) is 5.56 Å². The molecule has 3 amide bonds. The Hall–Kier alpha value is -1.91. The fourth-order valence-corrected chi connectivity index (χ4v) is 1.65. The van der Waals surface area contributed by atoms with E-state index in [9.17, 15) is 9.59 Å². The third-order valence-corrected chi connectivity index (χ3v) is 2.58. The smallest absolute Gasteiger partial charge is 0.319 e. The molecule has 2 heterocycles. The first kappa shape index (κ1) is 10.6. The molecule has 5 heteroatoms. The van der Waals surface area contributed by atoms with Gasteiger partial charge >= 0.3 is 6.03 Å². The molecule has 1 aromatic rings. The quantitative estimate of drug-likeness (QED) is 0.799. The molecule has 0 saturated carbocycles. The number of pyridine rings is 1. The van der Waals surface area contributed by atoms with E-state index in [-0.39, 0.29) is 17.9 Å². The zero-order valence-corrected chi connectivity index (χ0v) is 9.01. The van der Waals surface area contributed by atoms with Gasteiger partial charge in [-0.2, -0.15) is 0 Å². The van der Waals surface area contributed by atoms with Crippen molar-refractivity contribution < 1.29 is 9.59 Å². The number of hydrogen-bond donors (Lipinski definition) is 1. The molecule has 0 aliphatic carbocycles. The second-order valence-electron chi connectivity index (χ2n) is 3.93. The van der Waals surface area contributed by atoms with Gasteiger partial charge in [0.15, 0.2) is 0 Å². The summed E-state index contributed by atoms with van der Waals surface area (Å²) in [6.45, 7) is 2.78. The lowest BCUT2D eigenvalue weighted by Crippen LogP contribution is -2.53. The summed E-state index contributed by atoms with van der Waals surface area (Å²) in [5.74, 6) is -0.351. The first-order chi connectivity index (χ1) is 7.66. The van der Waals surface area contributed by atoms with Crippen LogP contribution in [0.3, 0.4) is 0 Å². The van der Waals surface area contributed by atoms with Crippen molar-refractivity contribution in [3.63, 3.8) is 0 Å². The summed E-state index contributed by atoms with van der Waals surface area (Å²) in [7, 11) is 0. The molecule has 1 saturated heterocycles. The van der Waals surface area contributed by atoms with Crippen LogP contribution in [-0.4, -0.2) is 28.4 Å². The molecule has 0 bridgehead atoms. The van der Waals surface area contributed by atoms with Crippen LogP contribution in [0.4, 0.5) is 4.79 Å². The molecule has 16 heavy (non-hydrogen) atoms. The van der Waals surface area contributed by atoms with E-state index in [1.807, 2.05) is 12.1 Å². The van der Waals surface area contributed by atoms with Crippen LogP contribution in [0.5, 0.6) is 0 Å². The van der Waals surface area contributed by atoms with Crippen LogP contribution < -0.4 is 5.32 Å². The van der Waals surface area contributed by atoms with Gasteiger partial charge in [0.1, 0.15) is 0 Å². The summed E-state index contributed by atoms with van der Waals surface area (Å²) >= 11 is 0. The molecule has 0 spiro atoms. The average molecular weight is 219 g/mol. The maximum atomic E-state index is 11.5. The minimum atomic E-state index is -0.320. The lowest BCUT2D eigenvalue weighted by molar-refractivity contribution is -0.125. The molecule has 84 valence electrons. The van der Waals surface area contributed by atoms with Gasteiger partial charge in [0, 0.05) is 25.5 Å². The predicted molar refractivity (Wildman–Crippen MR) is 57.3 cm³/mol. The van der Waals surface area contributed by atoms with E-state index >= 15 is 0 Å². The summed E-state index contributed by atoms with van der Waals surface area (Å²) in [5.41, 5.74) is 1.01. The number of aromatic nitrogens is 1. The molecule has 5 nitrogen and oxygen atoms in total. The topological polar surface area (TPSA) is 62.3 Å². The third kappa shape index (κ3) is 2.18. The molecule has 1 unspecified atom stereocenters. The van der Waals surface area contributed by atoms with E-state index in [4.69, 9.17) is 0 Å². The van der Waals surface area contributed by atoms with Crippen LogP contribution >= 0.6 is 0 Å². The van der Waals surface area contributed by atoms with Crippen LogP contribution in [0.25, 0.3) is 0 Å².